The predicted octanol–water partition coefficient (Wildman–Crippen LogP) is 3.25. The Labute approximate surface area is 128 Å². The van der Waals surface area contributed by atoms with Crippen molar-refractivity contribution in [2.24, 2.45) is 0 Å². The lowest BCUT2D eigenvalue weighted by Crippen LogP contribution is -2.36. The van der Waals surface area contributed by atoms with Gasteiger partial charge in [0.15, 0.2) is 12.9 Å². The summed E-state index contributed by atoms with van der Waals surface area (Å²) in [4.78, 5) is 22.8. The van der Waals surface area contributed by atoms with Gasteiger partial charge in [0.25, 0.3) is 5.91 Å². The molecule has 0 aliphatic heterocycles. The third kappa shape index (κ3) is 4.96. The first kappa shape index (κ1) is 16.7. The number of carbonyl (C=O) groups is 2. The van der Waals surface area contributed by atoms with Gasteiger partial charge < -0.3 is 10.1 Å². The van der Waals surface area contributed by atoms with Gasteiger partial charge in [-0.2, -0.15) is 0 Å². The average Bonchev–Trinajstić information content (AvgIpc) is 2.36. The minimum Gasteiger partial charge on any atom is -0.483 e. The number of hydrogen-bond acceptors (Lipinski definition) is 3. The monoisotopic (exact) mass is 341 g/mol. The summed E-state index contributed by atoms with van der Waals surface area (Å²) >= 11 is 3.32. The summed E-state index contributed by atoms with van der Waals surface area (Å²) in [7, 11) is 0. The quantitative estimate of drug-likeness (QED) is 0.774. The highest BCUT2D eigenvalue weighted by molar-refractivity contribution is 9.10. The fraction of sp³-hybridized carbons (Fsp3) is 0.467. The van der Waals surface area contributed by atoms with Crippen molar-refractivity contribution in [2.75, 3.05) is 6.61 Å². The van der Waals surface area contributed by atoms with Gasteiger partial charge in [0.05, 0.1) is 5.56 Å². The summed E-state index contributed by atoms with van der Waals surface area (Å²) in [5.74, 6) is 0.284. The second-order valence-corrected chi connectivity index (χ2v) is 5.72. The Balaban J connectivity index is 2.66. The Bertz CT molecular complexity index is 488. The number of aryl methyl sites for hydroxylation is 1. The summed E-state index contributed by atoms with van der Waals surface area (Å²) in [5, 5.41) is 2.86. The molecule has 0 heterocycles. The maximum atomic E-state index is 11.7. The van der Waals surface area contributed by atoms with Crippen LogP contribution in [0.3, 0.4) is 0 Å². The second-order valence-electron chi connectivity index (χ2n) is 4.80. The van der Waals surface area contributed by atoms with E-state index >= 15 is 0 Å². The molecular weight excluding hydrogens is 322 g/mol. The Kier molecular flexibility index (Phi) is 6.71. The standard InChI is InChI=1S/C15H20BrNO3/c1-4-5-11(3)17-14(19)9-20-15-10(2)6-13(16)7-12(15)8-18/h6-8,11H,4-5,9H2,1-3H3,(H,17,19). The van der Waals surface area contributed by atoms with Crippen LogP contribution in [0, 0.1) is 6.92 Å². The smallest absolute Gasteiger partial charge is 0.258 e. The van der Waals surface area contributed by atoms with Crippen LogP contribution in [-0.2, 0) is 4.79 Å². The predicted molar refractivity (Wildman–Crippen MR) is 82.3 cm³/mol. The average molecular weight is 342 g/mol. The highest BCUT2D eigenvalue weighted by atomic mass is 79.9. The molecule has 0 aliphatic rings. The Morgan fingerprint density at radius 1 is 1.50 bits per heavy atom. The first-order valence-corrected chi connectivity index (χ1v) is 7.44. The summed E-state index contributed by atoms with van der Waals surface area (Å²) in [6.07, 6.45) is 2.68. The molecule has 0 saturated heterocycles. The molecule has 1 N–H and O–H groups in total. The van der Waals surface area contributed by atoms with E-state index in [1.165, 1.54) is 0 Å². The van der Waals surface area contributed by atoms with Crippen molar-refractivity contribution in [3.05, 3.63) is 27.7 Å². The number of rotatable bonds is 7. The lowest BCUT2D eigenvalue weighted by atomic mass is 10.1. The number of hydrogen-bond donors (Lipinski definition) is 1. The summed E-state index contributed by atoms with van der Waals surface area (Å²) < 4.78 is 6.30. The van der Waals surface area contributed by atoms with Gasteiger partial charge in [-0.3, -0.25) is 9.59 Å². The largest absolute Gasteiger partial charge is 0.483 e. The van der Waals surface area contributed by atoms with Crippen molar-refractivity contribution in [2.45, 2.75) is 39.7 Å². The van der Waals surface area contributed by atoms with E-state index in [9.17, 15) is 9.59 Å². The van der Waals surface area contributed by atoms with Gasteiger partial charge >= 0.3 is 0 Å². The molecule has 1 unspecified atom stereocenters. The van der Waals surface area contributed by atoms with Crippen LogP contribution in [0.1, 0.15) is 42.6 Å². The zero-order valence-corrected chi connectivity index (χ0v) is 13.6. The SMILES string of the molecule is CCCC(C)NC(=O)COc1c(C)cc(Br)cc1C=O. The summed E-state index contributed by atoms with van der Waals surface area (Å²) in [6, 6.07) is 3.65. The lowest BCUT2D eigenvalue weighted by Gasteiger charge is -2.15. The molecule has 110 valence electrons. The van der Waals surface area contributed by atoms with E-state index in [-0.39, 0.29) is 18.6 Å². The Morgan fingerprint density at radius 2 is 2.20 bits per heavy atom. The molecule has 1 aromatic carbocycles. The van der Waals surface area contributed by atoms with Crippen LogP contribution in [-0.4, -0.2) is 24.8 Å². The molecule has 0 saturated carbocycles. The number of carbonyl (C=O) groups excluding carboxylic acids is 2. The number of nitrogens with one attached hydrogen (secondary N) is 1. The molecule has 5 heteroatoms. The van der Waals surface area contributed by atoms with Crippen molar-refractivity contribution in [3.63, 3.8) is 0 Å². The van der Waals surface area contributed by atoms with Crippen molar-refractivity contribution in [3.8, 4) is 5.75 Å². The van der Waals surface area contributed by atoms with Crippen LogP contribution in [0.15, 0.2) is 16.6 Å². The van der Waals surface area contributed by atoms with Crippen molar-refractivity contribution in [1.29, 1.82) is 0 Å². The third-order valence-corrected chi connectivity index (χ3v) is 3.33. The molecule has 0 aliphatic carbocycles. The van der Waals surface area contributed by atoms with Gasteiger partial charge in [-0.25, -0.2) is 0 Å². The molecule has 20 heavy (non-hydrogen) atoms. The van der Waals surface area contributed by atoms with Crippen molar-refractivity contribution >= 4 is 28.1 Å². The van der Waals surface area contributed by atoms with E-state index in [2.05, 4.69) is 28.2 Å². The molecule has 0 bridgehead atoms. The van der Waals surface area contributed by atoms with Crippen LogP contribution in [0.25, 0.3) is 0 Å². The van der Waals surface area contributed by atoms with E-state index in [1.807, 2.05) is 19.9 Å². The van der Waals surface area contributed by atoms with E-state index < -0.39 is 0 Å². The number of amides is 1. The summed E-state index contributed by atoms with van der Waals surface area (Å²) in [6.45, 7) is 5.78. The van der Waals surface area contributed by atoms with Gasteiger partial charge in [-0.1, -0.05) is 29.3 Å². The topological polar surface area (TPSA) is 55.4 Å². The highest BCUT2D eigenvalue weighted by Crippen LogP contribution is 2.26. The number of halogens is 1. The summed E-state index contributed by atoms with van der Waals surface area (Å²) in [5.41, 5.74) is 1.25. The molecule has 0 spiro atoms. The minimum atomic E-state index is -0.176. The first-order valence-electron chi connectivity index (χ1n) is 6.65. The van der Waals surface area contributed by atoms with Gasteiger partial charge in [-0.15, -0.1) is 0 Å². The molecule has 1 atom stereocenters. The molecule has 1 aromatic rings. The fourth-order valence-corrected chi connectivity index (χ4v) is 2.59. The zero-order chi connectivity index (χ0) is 15.1. The van der Waals surface area contributed by atoms with Crippen LogP contribution < -0.4 is 10.1 Å². The molecule has 0 aromatic heterocycles. The van der Waals surface area contributed by atoms with Gasteiger partial charge in [0, 0.05) is 10.5 Å². The number of aldehydes is 1. The van der Waals surface area contributed by atoms with E-state index in [1.54, 1.807) is 6.07 Å². The maximum absolute atomic E-state index is 11.7. The number of ether oxygens (including phenoxy) is 1. The molecule has 0 radical (unpaired) electrons. The van der Waals surface area contributed by atoms with Crippen LogP contribution in [0.4, 0.5) is 0 Å². The lowest BCUT2D eigenvalue weighted by molar-refractivity contribution is -0.123. The van der Waals surface area contributed by atoms with E-state index in [0.29, 0.717) is 11.3 Å². The van der Waals surface area contributed by atoms with Crippen molar-refractivity contribution < 1.29 is 14.3 Å². The third-order valence-electron chi connectivity index (χ3n) is 2.87. The fourth-order valence-electron chi connectivity index (χ4n) is 2.00. The van der Waals surface area contributed by atoms with Crippen LogP contribution >= 0.6 is 15.9 Å². The molecule has 1 rings (SSSR count). The highest BCUT2D eigenvalue weighted by Gasteiger charge is 2.12. The van der Waals surface area contributed by atoms with Gasteiger partial charge in [-0.05, 0) is 38.0 Å². The van der Waals surface area contributed by atoms with Crippen LogP contribution in [0.5, 0.6) is 5.75 Å². The molecule has 4 nitrogen and oxygen atoms in total. The zero-order valence-electron chi connectivity index (χ0n) is 12.0. The second kappa shape index (κ2) is 8.04. The number of benzene rings is 1. The van der Waals surface area contributed by atoms with Gasteiger partial charge in [0.1, 0.15) is 5.75 Å². The normalized spacial score (nSPS) is 11.8. The van der Waals surface area contributed by atoms with E-state index in [4.69, 9.17) is 4.74 Å². The molecular formula is C15H20BrNO3. The molecule has 1 amide bonds. The minimum absolute atomic E-state index is 0.0859. The Morgan fingerprint density at radius 3 is 2.80 bits per heavy atom. The van der Waals surface area contributed by atoms with E-state index in [0.717, 1.165) is 29.2 Å². The van der Waals surface area contributed by atoms with Gasteiger partial charge in [0.2, 0.25) is 0 Å². The first-order chi connectivity index (χ1) is 9.47. The van der Waals surface area contributed by atoms with Crippen molar-refractivity contribution in [1.82, 2.24) is 5.32 Å². The molecule has 0 fully saturated rings. The maximum Gasteiger partial charge on any atom is 0.258 e. The Hall–Kier alpha value is -1.36. The van der Waals surface area contributed by atoms with Crippen LogP contribution in [0.2, 0.25) is 0 Å².